The van der Waals surface area contributed by atoms with Crippen LogP contribution in [0.2, 0.25) is 10.0 Å². The SMILES string of the molecule is COC1CCCC(Nc2c(Cl)cc(Cl)c3nsnc23)C1. The van der Waals surface area contributed by atoms with Crippen LogP contribution >= 0.6 is 34.9 Å². The zero-order valence-electron chi connectivity index (χ0n) is 11.0. The van der Waals surface area contributed by atoms with Gasteiger partial charge in [0, 0.05) is 13.2 Å². The minimum absolute atomic E-state index is 0.316. The Hall–Kier alpha value is -0.620. The number of anilines is 1. The summed E-state index contributed by atoms with van der Waals surface area (Å²) in [6.07, 6.45) is 4.68. The van der Waals surface area contributed by atoms with Crippen LogP contribution in [0.3, 0.4) is 0 Å². The summed E-state index contributed by atoms with van der Waals surface area (Å²) in [5.74, 6) is 0. The third-order valence-corrected chi connectivity index (χ3v) is 4.87. The van der Waals surface area contributed by atoms with Gasteiger partial charge in [-0.2, -0.15) is 8.75 Å². The summed E-state index contributed by atoms with van der Waals surface area (Å²) >= 11 is 13.6. The molecule has 0 spiro atoms. The van der Waals surface area contributed by atoms with E-state index in [1.165, 1.54) is 0 Å². The summed E-state index contributed by atoms with van der Waals surface area (Å²) in [7, 11) is 1.77. The maximum absolute atomic E-state index is 6.31. The monoisotopic (exact) mass is 331 g/mol. The summed E-state index contributed by atoms with van der Waals surface area (Å²) in [6.45, 7) is 0. The van der Waals surface area contributed by atoms with Crippen LogP contribution in [0, 0.1) is 0 Å². The fourth-order valence-corrected chi connectivity index (χ4v) is 3.87. The average molecular weight is 332 g/mol. The molecule has 0 radical (unpaired) electrons. The van der Waals surface area contributed by atoms with E-state index in [-0.39, 0.29) is 0 Å². The van der Waals surface area contributed by atoms with Crippen molar-refractivity contribution < 1.29 is 4.74 Å². The molecule has 0 aliphatic heterocycles. The molecule has 1 fully saturated rings. The number of hydrogen-bond acceptors (Lipinski definition) is 5. The Morgan fingerprint density at radius 2 is 2.05 bits per heavy atom. The first kappa shape index (κ1) is 14.3. The Balaban J connectivity index is 1.89. The van der Waals surface area contributed by atoms with Crippen molar-refractivity contribution >= 4 is 51.7 Å². The van der Waals surface area contributed by atoms with Crippen LogP contribution in [-0.4, -0.2) is 28.0 Å². The molecular weight excluding hydrogens is 317 g/mol. The van der Waals surface area contributed by atoms with E-state index >= 15 is 0 Å². The molecule has 1 aliphatic rings. The number of nitrogens with zero attached hydrogens (tertiary/aromatic N) is 2. The highest BCUT2D eigenvalue weighted by Crippen LogP contribution is 2.36. The Morgan fingerprint density at radius 1 is 1.25 bits per heavy atom. The van der Waals surface area contributed by atoms with E-state index in [0.717, 1.165) is 48.6 Å². The number of halogens is 2. The molecule has 2 atom stereocenters. The molecule has 2 unspecified atom stereocenters. The Morgan fingerprint density at radius 3 is 2.85 bits per heavy atom. The zero-order valence-corrected chi connectivity index (χ0v) is 13.4. The third kappa shape index (κ3) is 2.72. The number of fused-ring (bicyclic) bond motifs is 1. The highest BCUT2D eigenvalue weighted by atomic mass is 35.5. The number of rotatable bonds is 3. The van der Waals surface area contributed by atoms with E-state index in [1.54, 1.807) is 13.2 Å². The van der Waals surface area contributed by atoms with Gasteiger partial charge in [-0.1, -0.05) is 23.2 Å². The van der Waals surface area contributed by atoms with Crippen molar-refractivity contribution in [2.45, 2.75) is 37.8 Å². The topological polar surface area (TPSA) is 47.0 Å². The van der Waals surface area contributed by atoms with Crippen LogP contribution in [-0.2, 0) is 4.74 Å². The second kappa shape index (κ2) is 6.02. The van der Waals surface area contributed by atoms with Gasteiger partial charge in [0.1, 0.15) is 11.0 Å². The highest BCUT2D eigenvalue weighted by molar-refractivity contribution is 7.00. The predicted octanol–water partition coefficient (Wildman–Crippen LogP) is 4.37. The van der Waals surface area contributed by atoms with Crippen LogP contribution < -0.4 is 5.32 Å². The Labute approximate surface area is 131 Å². The molecule has 1 aromatic heterocycles. The third-order valence-electron chi connectivity index (χ3n) is 3.75. The average Bonchev–Trinajstić information content (AvgIpc) is 2.93. The first-order valence-electron chi connectivity index (χ1n) is 6.58. The lowest BCUT2D eigenvalue weighted by Gasteiger charge is -2.29. The van der Waals surface area contributed by atoms with Gasteiger partial charge in [0.05, 0.1) is 33.6 Å². The number of benzene rings is 1. The predicted molar refractivity (Wildman–Crippen MR) is 84.1 cm³/mol. The second-order valence-corrected chi connectivity index (χ2v) is 6.39. The smallest absolute Gasteiger partial charge is 0.130 e. The fourth-order valence-electron chi connectivity index (χ4n) is 2.71. The van der Waals surface area contributed by atoms with E-state index in [9.17, 15) is 0 Å². The standard InChI is InChI=1S/C13H15Cl2N3OS/c1-19-8-4-2-3-7(5-8)16-11-9(14)6-10(15)12-13(11)18-20-17-12/h6-8,16H,2-5H2,1H3. The van der Waals surface area contributed by atoms with Crippen molar-refractivity contribution in [1.29, 1.82) is 0 Å². The van der Waals surface area contributed by atoms with Gasteiger partial charge < -0.3 is 10.1 Å². The van der Waals surface area contributed by atoms with E-state index in [1.807, 2.05) is 0 Å². The molecule has 0 saturated heterocycles. The number of aromatic nitrogens is 2. The lowest BCUT2D eigenvalue weighted by Crippen LogP contribution is -2.31. The second-order valence-electron chi connectivity index (χ2n) is 5.04. The van der Waals surface area contributed by atoms with Crippen LogP contribution in [0.4, 0.5) is 5.69 Å². The minimum atomic E-state index is 0.316. The van der Waals surface area contributed by atoms with Gasteiger partial charge in [-0.05, 0) is 31.7 Å². The van der Waals surface area contributed by atoms with Crippen molar-refractivity contribution in [3.8, 4) is 0 Å². The highest BCUT2D eigenvalue weighted by Gasteiger charge is 2.24. The number of hydrogen-bond donors (Lipinski definition) is 1. The molecule has 0 amide bonds. The molecule has 20 heavy (non-hydrogen) atoms. The van der Waals surface area contributed by atoms with Crippen molar-refractivity contribution in [2.75, 3.05) is 12.4 Å². The van der Waals surface area contributed by atoms with Gasteiger partial charge in [0.15, 0.2) is 0 Å². The molecule has 2 aromatic rings. The van der Waals surface area contributed by atoms with E-state index < -0.39 is 0 Å². The van der Waals surface area contributed by atoms with E-state index in [4.69, 9.17) is 27.9 Å². The van der Waals surface area contributed by atoms with Gasteiger partial charge in [0.2, 0.25) is 0 Å². The van der Waals surface area contributed by atoms with Gasteiger partial charge in [-0.3, -0.25) is 0 Å². The molecular formula is C13H15Cl2N3OS. The summed E-state index contributed by atoms with van der Waals surface area (Å²) < 4.78 is 14.0. The van der Waals surface area contributed by atoms with Crippen LogP contribution in [0.1, 0.15) is 25.7 Å². The molecule has 1 saturated carbocycles. The molecule has 1 heterocycles. The number of nitrogens with one attached hydrogen (secondary N) is 1. The largest absolute Gasteiger partial charge is 0.381 e. The van der Waals surface area contributed by atoms with Crippen LogP contribution in [0.5, 0.6) is 0 Å². The molecule has 4 nitrogen and oxygen atoms in total. The van der Waals surface area contributed by atoms with Gasteiger partial charge in [-0.15, -0.1) is 0 Å². The van der Waals surface area contributed by atoms with Crippen molar-refractivity contribution in [3.63, 3.8) is 0 Å². The molecule has 108 valence electrons. The lowest BCUT2D eigenvalue weighted by atomic mass is 9.92. The minimum Gasteiger partial charge on any atom is -0.381 e. The van der Waals surface area contributed by atoms with Gasteiger partial charge in [0.25, 0.3) is 0 Å². The quantitative estimate of drug-likeness (QED) is 0.907. The van der Waals surface area contributed by atoms with E-state index in [2.05, 4.69) is 14.1 Å². The molecule has 1 N–H and O–H groups in total. The van der Waals surface area contributed by atoms with E-state index in [0.29, 0.717) is 27.7 Å². The normalized spacial score (nSPS) is 23.1. The van der Waals surface area contributed by atoms with Gasteiger partial charge >= 0.3 is 0 Å². The summed E-state index contributed by atoms with van der Waals surface area (Å²) in [4.78, 5) is 0. The summed E-state index contributed by atoms with van der Waals surface area (Å²) in [5, 5.41) is 4.64. The summed E-state index contributed by atoms with van der Waals surface area (Å²) in [6, 6.07) is 2.07. The van der Waals surface area contributed by atoms with Crippen molar-refractivity contribution in [2.24, 2.45) is 0 Å². The van der Waals surface area contributed by atoms with Crippen LogP contribution in [0.15, 0.2) is 6.07 Å². The molecule has 7 heteroatoms. The molecule has 3 rings (SSSR count). The number of methoxy groups -OCH3 is 1. The van der Waals surface area contributed by atoms with Crippen molar-refractivity contribution in [1.82, 2.24) is 8.75 Å². The maximum Gasteiger partial charge on any atom is 0.130 e. The summed E-state index contributed by atoms with van der Waals surface area (Å²) in [5.41, 5.74) is 2.30. The Kier molecular flexibility index (Phi) is 4.31. The fraction of sp³-hybridized carbons (Fsp3) is 0.538. The first-order chi connectivity index (χ1) is 9.69. The maximum atomic E-state index is 6.31. The lowest BCUT2D eigenvalue weighted by molar-refractivity contribution is 0.0669. The van der Waals surface area contributed by atoms with Gasteiger partial charge in [-0.25, -0.2) is 0 Å². The van der Waals surface area contributed by atoms with Crippen LogP contribution in [0.25, 0.3) is 11.0 Å². The Bertz CT molecular complexity index is 619. The first-order valence-corrected chi connectivity index (χ1v) is 8.07. The zero-order chi connectivity index (χ0) is 14.1. The molecule has 1 aromatic carbocycles. The van der Waals surface area contributed by atoms with Crippen molar-refractivity contribution in [3.05, 3.63) is 16.1 Å². The molecule has 0 bridgehead atoms. The number of ether oxygens (including phenoxy) is 1. The molecule has 1 aliphatic carbocycles.